The fourth-order valence-corrected chi connectivity index (χ4v) is 1.63. The van der Waals surface area contributed by atoms with Gasteiger partial charge < -0.3 is 10.0 Å². The molecule has 0 rings (SSSR count). The Balaban J connectivity index is 3.39. The summed E-state index contributed by atoms with van der Waals surface area (Å²) < 4.78 is 0. The van der Waals surface area contributed by atoms with Crippen LogP contribution in [0.2, 0.25) is 0 Å². The largest absolute Gasteiger partial charge is 0.396 e. The molecule has 3 heteroatoms. The van der Waals surface area contributed by atoms with Crippen molar-refractivity contribution in [2.24, 2.45) is 0 Å². The molecule has 2 nitrogen and oxygen atoms in total. The first-order chi connectivity index (χ1) is 5.72. The van der Waals surface area contributed by atoms with Crippen LogP contribution < -0.4 is 0 Å². The Morgan fingerprint density at radius 1 is 1.50 bits per heavy atom. The van der Waals surface area contributed by atoms with Gasteiger partial charge in [0.2, 0.25) is 0 Å². The molecule has 0 amide bonds. The zero-order valence-corrected chi connectivity index (χ0v) is 9.23. The second kappa shape index (κ2) is 7.90. The Kier molecular flexibility index (Phi) is 8.07. The molecule has 0 aromatic carbocycles. The molecule has 0 fully saturated rings. The van der Waals surface area contributed by atoms with Crippen LogP contribution in [0.25, 0.3) is 0 Å². The molecular weight excluding hydrogens is 170 g/mol. The van der Waals surface area contributed by atoms with E-state index in [4.69, 9.17) is 5.11 Å². The van der Waals surface area contributed by atoms with Gasteiger partial charge in [-0.1, -0.05) is 0 Å². The highest BCUT2D eigenvalue weighted by Crippen LogP contribution is 2.05. The molecule has 0 saturated carbocycles. The van der Waals surface area contributed by atoms with Gasteiger partial charge in [-0.05, 0) is 38.8 Å². The minimum Gasteiger partial charge on any atom is -0.396 e. The van der Waals surface area contributed by atoms with E-state index in [0.29, 0.717) is 12.6 Å². The van der Waals surface area contributed by atoms with Gasteiger partial charge in [0, 0.05) is 19.2 Å². The van der Waals surface area contributed by atoms with Crippen molar-refractivity contribution in [1.29, 1.82) is 0 Å². The molecule has 0 aromatic heterocycles. The molecule has 0 spiro atoms. The van der Waals surface area contributed by atoms with Gasteiger partial charge in [-0.25, -0.2) is 0 Å². The summed E-state index contributed by atoms with van der Waals surface area (Å²) in [6.07, 6.45) is 4.27. The summed E-state index contributed by atoms with van der Waals surface area (Å²) >= 11 is 1.90. The molecule has 1 N–H and O–H groups in total. The summed E-state index contributed by atoms with van der Waals surface area (Å²) in [5, 5.41) is 8.64. The van der Waals surface area contributed by atoms with E-state index in [1.54, 1.807) is 0 Å². The van der Waals surface area contributed by atoms with Crippen molar-refractivity contribution in [1.82, 2.24) is 4.90 Å². The molecule has 0 heterocycles. The van der Waals surface area contributed by atoms with Gasteiger partial charge in [0.1, 0.15) is 0 Å². The molecule has 0 bridgehead atoms. The lowest BCUT2D eigenvalue weighted by molar-refractivity contribution is 0.213. The Labute approximate surface area is 80.3 Å². The van der Waals surface area contributed by atoms with E-state index in [0.717, 1.165) is 13.0 Å². The standard InChI is InChI=1S/C9H21NOS/c1-9(5-8-12-3)10(2)6-4-7-11/h9,11H,4-8H2,1-3H3. The van der Waals surface area contributed by atoms with Gasteiger partial charge in [-0.2, -0.15) is 11.8 Å². The molecule has 1 atom stereocenters. The fraction of sp³-hybridized carbons (Fsp3) is 1.00. The van der Waals surface area contributed by atoms with Crippen LogP contribution in [0.5, 0.6) is 0 Å². The van der Waals surface area contributed by atoms with Crippen molar-refractivity contribution in [2.75, 3.05) is 32.2 Å². The second-order valence-electron chi connectivity index (χ2n) is 3.19. The van der Waals surface area contributed by atoms with Crippen LogP contribution in [0.3, 0.4) is 0 Å². The average molecular weight is 191 g/mol. The highest BCUT2D eigenvalue weighted by atomic mass is 32.2. The lowest BCUT2D eigenvalue weighted by Crippen LogP contribution is -2.30. The van der Waals surface area contributed by atoms with Crippen LogP contribution in [-0.4, -0.2) is 48.3 Å². The Morgan fingerprint density at radius 3 is 2.67 bits per heavy atom. The van der Waals surface area contributed by atoms with Gasteiger partial charge in [0.25, 0.3) is 0 Å². The van der Waals surface area contributed by atoms with Crippen molar-refractivity contribution >= 4 is 11.8 Å². The molecule has 0 aromatic rings. The predicted octanol–water partition coefficient (Wildman–Crippen LogP) is 1.44. The molecular formula is C9H21NOS. The van der Waals surface area contributed by atoms with E-state index in [1.165, 1.54) is 12.2 Å². The lowest BCUT2D eigenvalue weighted by atomic mass is 10.2. The molecule has 0 aliphatic heterocycles. The molecule has 0 aliphatic carbocycles. The predicted molar refractivity (Wildman–Crippen MR) is 56.8 cm³/mol. The van der Waals surface area contributed by atoms with Crippen molar-refractivity contribution in [3.63, 3.8) is 0 Å². The first-order valence-electron chi connectivity index (χ1n) is 4.52. The fourth-order valence-electron chi connectivity index (χ4n) is 1.05. The van der Waals surface area contributed by atoms with Gasteiger partial charge in [0.05, 0.1) is 0 Å². The van der Waals surface area contributed by atoms with Crippen LogP contribution >= 0.6 is 11.8 Å². The smallest absolute Gasteiger partial charge is 0.0443 e. The zero-order chi connectivity index (χ0) is 9.40. The third kappa shape index (κ3) is 5.86. The quantitative estimate of drug-likeness (QED) is 0.659. The summed E-state index contributed by atoms with van der Waals surface area (Å²) in [4.78, 5) is 2.31. The number of hydrogen-bond acceptors (Lipinski definition) is 3. The van der Waals surface area contributed by atoms with Gasteiger partial charge in [0.15, 0.2) is 0 Å². The molecule has 0 aliphatic rings. The normalized spacial score (nSPS) is 13.8. The minimum absolute atomic E-state index is 0.305. The second-order valence-corrected chi connectivity index (χ2v) is 4.17. The number of aliphatic hydroxyl groups is 1. The van der Waals surface area contributed by atoms with Crippen molar-refractivity contribution in [3.8, 4) is 0 Å². The molecule has 0 saturated heterocycles. The Hall–Kier alpha value is 0.270. The minimum atomic E-state index is 0.305. The van der Waals surface area contributed by atoms with Gasteiger partial charge in [-0.3, -0.25) is 0 Å². The topological polar surface area (TPSA) is 23.5 Å². The molecule has 74 valence electrons. The van der Waals surface area contributed by atoms with Crippen LogP contribution in [0.4, 0.5) is 0 Å². The number of nitrogens with zero attached hydrogens (tertiary/aromatic N) is 1. The van der Waals surface area contributed by atoms with Crippen LogP contribution in [0.15, 0.2) is 0 Å². The molecule has 12 heavy (non-hydrogen) atoms. The van der Waals surface area contributed by atoms with Crippen molar-refractivity contribution < 1.29 is 5.11 Å². The summed E-state index contributed by atoms with van der Waals surface area (Å²) in [5.41, 5.74) is 0. The zero-order valence-electron chi connectivity index (χ0n) is 8.42. The maximum atomic E-state index is 8.64. The number of hydrogen-bond donors (Lipinski definition) is 1. The highest BCUT2D eigenvalue weighted by molar-refractivity contribution is 7.98. The van der Waals surface area contributed by atoms with E-state index in [9.17, 15) is 0 Å². The Bertz CT molecular complexity index is 88.5. The van der Waals surface area contributed by atoms with Crippen molar-refractivity contribution in [2.45, 2.75) is 25.8 Å². The van der Waals surface area contributed by atoms with Gasteiger partial charge >= 0.3 is 0 Å². The summed E-state index contributed by atoms with van der Waals surface area (Å²) in [7, 11) is 2.13. The van der Waals surface area contributed by atoms with Crippen LogP contribution in [0.1, 0.15) is 19.8 Å². The number of thioether (sulfide) groups is 1. The van der Waals surface area contributed by atoms with Crippen LogP contribution in [0, 0.1) is 0 Å². The van der Waals surface area contributed by atoms with Crippen LogP contribution in [-0.2, 0) is 0 Å². The average Bonchev–Trinajstić information content (AvgIpc) is 2.10. The summed E-state index contributed by atoms with van der Waals surface area (Å²) in [6, 6.07) is 0.643. The molecule has 0 radical (unpaired) electrons. The van der Waals surface area contributed by atoms with Crippen molar-refractivity contribution in [3.05, 3.63) is 0 Å². The first-order valence-corrected chi connectivity index (χ1v) is 5.91. The third-order valence-electron chi connectivity index (χ3n) is 2.16. The van der Waals surface area contributed by atoms with E-state index < -0.39 is 0 Å². The van der Waals surface area contributed by atoms with E-state index in [-0.39, 0.29) is 0 Å². The SMILES string of the molecule is CSCCC(C)N(C)CCCO. The maximum absolute atomic E-state index is 8.64. The van der Waals surface area contributed by atoms with E-state index >= 15 is 0 Å². The first kappa shape index (κ1) is 12.3. The monoisotopic (exact) mass is 191 g/mol. The maximum Gasteiger partial charge on any atom is 0.0443 e. The number of rotatable bonds is 7. The van der Waals surface area contributed by atoms with E-state index in [1.807, 2.05) is 11.8 Å². The highest BCUT2D eigenvalue weighted by Gasteiger charge is 2.06. The number of aliphatic hydroxyl groups excluding tert-OH is 1. The van der Waals surface area contributed by atoms with Gasteiger partial charge in [-0.15, -0.1) is 0 Å². The lowest BCUT2D eigenvalue weighted by Gasteiger charge is -2.23. The summed E-state index contributed by atoms with van der Waals surface area (Å²) in [5.74, 6) is 1.23. The van der Waals surface area contributed by atoms with E-state index in [2.05, 4.69) is 25.1 Å². The third-order valence-corrected chi connectivity index (χ3v) is 2.81. The molecule has 1 unspecified atom stereocenters. The Morgan fingerprint density at radius 2 is 2.17 bits per heavy atom. The summed E-state index contributed by atoms with van der Waals surface area (Å²) in [6.45, 7) is 3.55.